The average Bonchev–Trinajstić information content (AvgIpc) is 2.78. The highest BCUT2D eigenvalue weighted by atomic mass is 32.2. The fourth-order valence-electron chi connectivity index (χ4n) is 2.28. The SMILES string of the molecule is Cc1ccc(NC(=O)C2(C)CCNC2)cc1S(N)(=O)=O. The molecule has 1 fully saturated rings. The number of rotatable bonds is 3. The summed E-state index contributed by atoms with van der Waals surface area (Å²) in [4.78, 5) is 12.3. The molecule has 0 spiro atoms. The van der Waals surface area contributed by atoms with Crippen LogP contribution in [0.5, 0.6) is 0 Å². The van der Waals surface area contributed by atoms with Crippen LogP contribution in [0.15, 0.2) is 23.1 Å². The molecule has 0 saturated carbocycles. The summed E-state index contributed by atoms with van der Waals surface area (Å²) < 4.78 is 22.9. The number of nitrogens with two attached hydrogens (primary N) is 1. The van der Waals surface area contributed by atoms with Crippen molar-refractivity contribution in [3.8, 4) is 0 Å². The van der Waals surface area contributed by atoms with Crippen LogP contribution in [0.2, 0.25) is 0 Å². The number of nitrogens with one attached hydrogen (secondary N) is 2. The van der Waals surface area contributed by atoms with Crippen molar-refractivity contribution in [2.24, 2.45) is 10.6 Å². The van der Waals surface area contributed by atoms with Gasteiger partial charge in [0.1, 0.15) is 0 Å². The fraction of sp³-hybridized carbons (Fsp3) is 0.462. The minimum Gasteiger partial charge on any atom is -0.326 e. The molecule has 1 amide bonds. The van der Waals surface area contributed by atoms with E-state index < -0.39 is 15.4 Å². The van der Waals surface area contributed by atoms with E-state index in [1.54, 1.807) is 19.1 Å². The van der Waals surface area contributed by atoms with Crippen molar-refractivity contribution in [2.75, 3.05) is 18.4 Å². The number of hydrogen-bond donors (Lipinski definition) is 3. The molecule has 1 heterocycles. The maximum atomic E-state index is 12.3. The van der Waals surface area contributed by atoms with Crippen LogP contribution in [0.25, 0.3) is 0 Å². The zero-order valence-corrected chi connectivity index (χ0v) is 12.4. The topological polar surface area (TPSA) is 101 Å². The Morgan fingerprint density at radius 3 is 2.70 bits per heavy atom. The number of carbonyl (C=O) groups excluding carboxylic acids is 1. The molecule has 1 aromatic carbocycles. The minimum absolute atomic E-state index is 0.0324. The van der Waals surface area contributed by atoms with E-state index in [0.29, 0.717) is 17.8 Å². The van der Waals surface area contributed by atoms with Gasteiger partial charge in [-0.15, -0.1) is 0 Å². The Labute approximate surface area is 118 Å². The summed E-state index contributed by atoms with van der Waals surface area (Å²) in [6, 6.07) is 4.70. The van der Waals surface area contributed by atoms with Crippen LogP contribution in [0, 0.1) is 12.3 Å². The predicted octanol–water partition coefficient (Wildman–Crippen LogP) is 0.581. The quantitative estimate of drug-likeness (QED) is 0.759. The van der Waals surface area contributed by atoms with Gasteiger partial charge in [-0.2, -0.15) is 0 Å². The van der Waals surface area contributed by atoms with E-state index in [2.05, 4.69) is 10.6 Å². The largest absolute Gasteiger partial charge is 0.326 e. The Morgan fingerprint density at radius 1 is 1.45 bits per heavy atom. The molecule has 6 nitrogen and oxygen atoms in total. The van der Waals surface area contributed by atoms with Crippen LogP contribution < -0.4 is 15.8 Å². The van der Waals surface area contributed by atoms with Gasteiger partial charge in [0.05, 0.1) is 10.3 Å². The number of sulfonamides is 1. The molecule has 4 N–H and O–H groups in total. The van der Waals surface area contributed by atoms with E-state index in [0.717, 1.165) is 13.0 Å². The third kappa shape index (κ3) is 3.00. The van der Waals surface area contributed by atoms with E-state index in [9.17, 15) is 13.2 Å². The van der Waals surface area contributed by atoms with Gasteiger partial charge in [-0.1, -0.05) is 6.07 Å². The van der Waals surface area contributed by atoms with Crippen molar-refractivity contribution in [3.63, 3.8) is 0 Å². The Hall–Kier alpha value is -1.44. The Morgan fingerprint density at radius 2 is 2.15 bits per heavy atom. The van der Waals surface area contributed by atoms with Crippen molar-refractivity contribution >= 4 is 21.6 Å². The van der Waals surface area contributed by atoms with Gasteiger partial charge in [-0.05, 0) is 44.5 Å². The first-order chi connectivity index (χ1) is 9.22. The van der Waals surface area contributed by atoms with Crippen LogP contribution in [-0.2, 0) is 14.8 Å². The van der Waals surface area contributed by atoms with E-state index in [-0.39, 0.29) is 10.8 Å². The van der Waals surface area contributed by atoms with Crippen LogP contribution in [0.3, 0.4) is 0 Å². The van der Waals surface area contributed by atoms with Crippen LogP contribution >= 0.6 is 0 Å². The Kier molecular flexibility index (Phi) is 3.86. The van der Waals surface area contributed by atoms with E-state index in [1.165, 1.54) is 6.07 Å². The molecule has 0 radical (unpaired) electrons. The number of benzene rings is 1. The van der Waals surface area contributed by atoms with Crippen LogP contribution in [0.1, 0.15) is 18.9 Å². The van der Waals surface area contributed by atoms with Gasteiger partial charge in [-0.25, -0.2) is 13.6 Å². The van der Waals surface area contributed by atoms with Crippen LogP contribution in [0.4, 0.5) is 5.69 Å². The lowest BCUT2D eigenvalue weighted by Gasteiger charge is -2.21. The molecule has 0 bridgehead atoms. The van der Waals surface area contributed by atoms with Crippen LogP contribution in [-0.4, -0.2) is 27.4 Å². The molecule has 1 aliphatic heterocycles. The number of anilines is 1. The standard InChI is InChI=1S/C13H19N3O3S/c1-9-3-4-10(7-11(9)20(14,18)19)16-12(17)13(2)5-6-15-8-13/h3-4,7,15H,5-6,8H2,1-2H3,(H,16,17)(H2,14,18,19). The number of amides is 1. The second-order valence-corrected chi connectivity index (χ2v) is 7.00. The van der Waals surface area contributed by atoms with E-state index in [4.69, 9.17) is 5.14 Å². The van der Waals surface area contributed by atoms with E-state index in [1.807, 2.05) is 6.92 Å². The third-order valence-electron chi connectivity index (χ3n) is 3.67. The van der Waals surface area contributed by atoms with Crippen molar-refractivity contribution in [1.29, 1.82) is 0 Å². The highest BCUT2D eigenvalue weighted by molar-refractivity contribution is 7.89. The predicted molar refractivity (Wildman–Crippen MR) is 76.8 cm³/mol. The monoisotopic (exact) mass is 297 g/mol. The maximum Gasteiger partial charge on any atom is 0.238 e. The number of hydrogen-bond acceptors (Lipinski definition) is 4. The fourth-order valence-corrected chi connectivity index (χ4v) is 3.09. The zero-order chi connectivity index (χ0) is 15.0. The second-order valence-electron chi connectivity index (χ2n) is 5.47. The summed E-state index contributed by atoms with van der Waals surface area (Å²) in [5.41, 5.74) is 0.532. The van der Waals surface area contributed by atoms with Gasteiger partial charge in [-0.3, -0.25) is 4.79 Å². The smallest absolute Gasteiger partial charge is 0.238 e. The van der Waals surface area contributed by atoms with E-state index >= 15 is 0 Å². The molecule has 2 rings (SSSR count). The van der Waals surface area contributed by atoms with Gasteiger partial charge in [0.2, 0.25) is 15.9 Å². The molecule has 1 saturated heterocycles. The van der Waals surface area contributed by atoms with Gasteiger partial charge in [0.15, 0.2) is 0 Å². The normalized spacial score (nSPS) is 22.8. The average molecular weight is 297 g/mol. The summed E-state index contributed by atoms with van der Waals surface area (Å²) in [6.07, 6.45) is 0.757. The molecule has 0 aromatic heterocycles. The van der Waals surface area contributed by atoms with Gasteiger partial charge in [0, 0.05) is 12.2 Å². The molecule has 1 aromatic rings. The second kappa shape index (κ2) is 5.16. The van der Waals surface area contributed by atoms with Gasteiger partial charge < -0.3 is 10.6 Å². The zero-order valence-electron chi connectivity index (χ0n) is 11.6. The molecule has 1 aliphatic rings. The number of carbonyl (C=O) groups is 1. The molecule has 1 atom stereocenters. The lowest BCUT2D eigenvalue weighted by Crippen LogP contribution is -2.35. The molecule has 110 valence electrons. The number of aryl methyl sites for hydroxylation is 1. The third-order valence-corrected chi connectivity index (χ3v) is 4.72. The first kappa shape index (κ1) is 15.0. The number of primary sulfonamides is 1. The van der Waals surface area contributed by atoms with Gasteiger partial charge >= 0.3 is 0 Å². The summed E-state index contributed by atoms with van der Waals surface area (Å²) in [5.74, 6) is -0.119. The van der Waals surface area contributed by atoms with Crippen molar-refractivity contribution < 1.29 is 13.2 Å². The maximum absolute atomic E-state index is 12.3. The summed E-state index contributed by atoms with van der Waals surface area (Å²) >= 11 is 0. The highest BCUT2D eigenvalue weighted by Crippen LogP contribution is 2.27. The summed E-state index contributed by atoms with van der Waals surface area (Å²) in [6.45, 7) is 4.97. The minimum atomic E-state index is -3.79. The van der Waals surface area contributed by atoms with Crippen molar-refractivity contribution in [1.82, 2.24) is 5.32 Å². The summed E-state index contributed by atoms with van der Waals surface area (Å²) in [5, 5.41) is 11.1. The van der Waals surface area contributed by atoms with Crippen molar-refractivity contribution in [2.45, 2.75) is 25.2 Å². The van der Waals surface area contributed by atoms with Gasteiger partial charge in [0.25, 0.3) is 0 Å². The molecule has 7 heteroatoms. The molecule has 1 unspecified atom stereocenters. The molecule has 20 heavy (non-hydrogen) atoms. The lowest BCUT2D eigenvalue weighted by atomic mass is 9.89. The lowest BCUT2D eigenvalue weighted by molar-refractivity contribution is -0.123. The highest BCUT2D eigenvalue weighted by Gasteiger charge is 2.36. The summed E-state index contributed by atoms with van der Waals surface area (Å²) in [7, 11) is -3.79. The first-order valence-electron chi connectivity index (χ1n) is 6.38. The molecular formula is C13H19N3O3S. The Balaban J connectivity index is 2.25. The Bertz CT molecular complexity index is 634. The molecular weight excluding hydrogens is 278 g/mol. The first-order valence-corrected chi connectivity index (χ1v) is 7.93. The van der Waals surface area contributed by atoms with Crippen molar-refractivity contribution in [3.05, 3.63) is 23.8 Å². The molecule has 0 aliphatic carbocycles.